The molecule has 2 heterocycles. The SMILES string of the molecule is Cc1cc2c(cc1C)C1CC(=O)C(CC(C)C)CN1CC2. The van der Waals surface area contributed by atoms with Crippen LogP contribution in [0.5, 0.6) is 0 Å². The Hall–Kier alpha value is -1.15. The average molecular weight is 285 g/mol. The number of benzene rings is 1. The number of Topliss-reactive ketones (excluding diaryl/α,β-unsaturated/α-hetero) is 1. The molecule has 2 aliphatic rings. The fourth-order valence-electron chi connectivity index (χ4n) is 4.02. The summed E-state index contributed by atoms with van der Waals surface area (Å²) in [6.45, 7) is 10.9. The van der Waals surface area contributed by atoms with Crippen molar-refractivity contribution in [3.8, 4) is 0 Å². The quantitative estimate of drug-likeness (QED) is 0.823. The van der Waals surface area contributed by atoms with Crippen molar-refractivity contribution in [1.29, 1.82) is 0 Å². The molecule has 0 amide bonds. The summed E-state index contributed by atoms with van der Waals surface area (Å²) in [5, 5.41) is 0. The second kappa shape index (κ2) is 5.57. The lowest BCUT2D eigenvalue weighted by molar-refractivity contribution is -0.129. The molecule has 0 bridgehead atoms. The third-order valence-corrected chi connectivity index (χ3v) is 5.28. The number of nitrogens with zero attached hydrogens (tertiary/aromatic N) is 1. The van der Waals surface area contributed by atoms with E-state index in [1.54, 1.807) is 0 Å². The molecule has 21 heavy (non-hydrogen) atoms. The van der Waals surface area contributed by atoms with Crippen LogP contribution in [0.15, 0.2) is 12.1 Å². The Morgan fingerprint density at radius 3 is 2.67 bits per heavy atom. The molecule has 2 atom stereocenters. The van der Waals surface area contributed by atoms with Gasteiger partial charge in [-0.05, 0) is 54.9 Å². The number of fused-ring (bicyclic) bond motifs is 3. The topological polar surface area (TPSA) is 20.3 Å². The Balaban J connectivity index is 1.87. The van der Waals surface area contributed by atoms with E-state index in [1.807, 2.05) is 0 Å². The fourth-order valence-corrected chi connectivity index (χ4v) is 4.02. The normalized spacial score (nSPS) is 25.9. The first-order chi connectivity index (χ1) is 9.95. The lowest BCUT2D eigenvalue weighted by atomic mass is 9.79. The fraction of sp³-hybridized carbons (Fsp3) is 0.632. The van der Waals surface area contributed by atoms with E-state index in [2.05, 4.69) is 44.7 Å². The number of hydrogen-bond donors (Lipinski definition) is 0. The van der Waals surface area contributed by atoms with Crippen LogP contribution in [0.25, 0.3) is 0 Å². The summed E-state index contributed by atoms with van der Waals surface area (Å²) in [4.78, 5) is 15.1. The molecule has 1 aromatic carbocycles. The van der Waals surface area contributed by atoms with Gasteiger partial charge in [-0.2, -0.15) is 0 Å². The van der Waals surface area contributed by atoms with Gasteiger partial charge < -0.3 is 0 Å². The van der Waals surface area contributed by atoms with Gasteiger partial charge in [-0.25, -0.2) is 0 Å². The zero-order valence-corrected chi connectivity index (χ0v) is 13.8. The van der Waals surface area contributed by atoms with E-state index >= 15 is 0 Å². The second-order valence-electron chi connectivity index (χ2n) is 7.39. The molecule has 3 rings (SSSR count). The van der Waals surface area contributed by atoms with Gasteiger partial charge >= 0.3 is 0 Å². The number of aryl methyl sites for hydroxylation is 2. The molecule has 114 valence electrons. The van der Waals surface area contributed by atoms with Crippen molar-refractivity contribution < 1.29 is 4.79 Å². The molecule has 1 aromatic rings. The summed E-state index contributed by atoms with van der Waals surface area (Å²) in [6.07, 6.45) is 2.89. The summed E-state index contributed by atoms with van der Waals surface area (Å²) in [5.41, 5.74) is 5.62. The Morgan fingerprint density at radius 1 is 1.24 bits per heavy atom. The standard InChI is InChI=1S/C19H27NO/c1-12(2)7-16-11-20-6-5-15-8-13(3)14(4)9-17(15)18(20)10-19(16)21/h8-9,12,16,18H,5-7,10-11H2,1-4H3. The highest BCUT2D eigenvalue weighted by atomic mass is 16.1. The van der Waals surface area contributed by atoms with Crippen LogP contribution in [0.1, 0.15) is 55.0 Å². The average Bonchev–Trinajstić information content (AvgIpc) is 2.41. The molecular weight excluding hydrogens is 258 g/mol. The van der Waals surface area contributed by atoms with Gasteiger partial charge in [0, 0.05) is 31.5 Å². The minimum absolute atomic E-state index is 0.259. The number of carbonyl (C=O) groups is 1. The highest BCUT2D eigenvalue weighted by Gasteiger charge is 2.37. The predicted molar refractivity (Wildman–Crippen MR) is 86.5 cm³/mol. The van der Waals surface area contributed by atoms with Crippen molar-refractivity contribution >= 4 is 5.78 Å². The van der Waals surface area contributed by atoms with E-state index in [4.69, 9.17) is 0 Å². The molecule has 0 radical (unpaired) electrons. The molecule has 2 unspecified atom stereocenters. The highest BCUT2D eigenvalue weighted by Crippen LogP contribution is 2.39. The van der Waals surface area contributed by atoms with Crippen LogP contribution in [0.2, 0.25) is 0 Å². The molecule has 0 spiro atoms. The van der Waals surface area contributed by atoms with Gasteiger partial charge in [0.2, 0.25) is 0 Å². The summed E-state index contributed by atoms with van der Waals surface area (Å²) < 4.78 is 0. The summed E-state index contributed by atoms with van der Waals surface area (Å²) in [6, 6.07) is 5.01. The zero-order valence-electron chi connectivity index (χ0n) is 13.8. The molecule has 1 saturated heterocycles. The van der Waals surface area contributed by atoms with Gasteiger partial charge in [-0.15, -0.1) is 0 Å². The minimum atomic E-state index is 0.259. The molecule has 2 aliphatic heterocycles. The van der Waals surface area contributed by atoms with Crippen LogP contribution >= 0.6 is 0 Å². The Morgan fingerprint density at radius 2 is 1.95 bits per heavy atom. The maximum Gasteiger partial charge on any atom is 0.139 e. The minimum Gasteiger partial charge on any atom is -0.299 e. The van der Waals surface area contributed by atoms with Crippen LogP contribution in [0.3, 0.4) is 0 Å². The number of ketones is 1. The summed E-state index contributed by atoms with van der Waals surface area (Å²) in [7, 11) is 0. The molecule has 2 nitrogen and oxygen atoms in total. The van der Waals surface area contributed by atoms with E-state index in [0.29, 0.717) is 24.2 Å². The smallest absolute Gasteiger partial charge is 0.139 e. The lowest BCUT2D eigenvalue weighted by Crippen LogP contribution is -2.46. The maximum atomic E-state index is 12.5. The van der Waals surface area contributed by atoms with E-state index in [1.165, 1.54) is 22.3 Å². The first-order valence-electron chi connectivity index (χ1n) is 8.32. The van der Waals surface area contributed by atoms with Crippen molar-refractivity contribution in [3.05, 3.63) is 34.4 Å². The first kappa shape index (κ1) is 14.8. The molecule has 2 heteroatoms. The Labute approximate surface area is 128 Å². The molecule has 0 saturated carbocycles. The number of rotatable bonds is 2. The molecular formula is C19H27NO. The van der Waals surface area contributed by atoms with Crippen LogP contribution in [-0.4, -0.2) is 23.8 Å². The summed E-state index contributed by atoms with van der Waals surface area (Å²) in [5.74, 6) is 1.35. The van der Waals surface area contributed by atoms with E-state index in [-0.39, 0.29) is 5.92 Å². The van der Waals surface area contributed by atoms with Crippen molar-refractivity contribution in [2.45, 2.75) is 53.0 Å². The van der Waals surface area contributed by atoms with Crippen LogP contribution in [0.4, 0.5) is 0 Å². The van der Waals surface area contributed by atoms with Crippen LogP contribution < -0.4 is 0 Å². The van der Waals surface area contributed by atoms with Crippen molar-refractivity contribution in [2.24, 2.45) is 11.8 Å². The van der Waals surface area contributed by atoms with Gasteiger partial charge in [-0.1, -0.05) is 26.0 Å². The van der Waals surface area contributed by atoms with Gasteiger partial charge in [0.25, 0.3) is 0 Å². The van der Waals surface area contributed by atoms with Crippen LogP contribution in [-0.2, 0) is 11.2 Å². The Bertz CT molecular complexity index is 561. The predicted octanol–water partition coefficient (Wildman–Crippen LogP) is 3.84. The monoisotopic (exact) mass is 285 g/mol. The Kier molecular flexibility index (Phi) is 3.92. The van der Waals surface area contributed by atoms with Crippen molar-refractivity contribution in [2.75, 3.05) is 13.1 Å². The summed E-state index contributed by atoms with van der Waals surface area (Å²) >= 11 is 0. The van der Waals surface area contributed by atoms with Gasteiger partial charge in [0.1, 0.15) is 5.78 Å². The number of hydrogen-bond acceptors (Lipinski definition) is 2. The van der Waals surface area contributed by atoms with Crippen LogP contribution in [0, 0.1) is 25.7 Å². The second-order valence-corrected chi connectivity index (χ2v) is 7.39. The molecule has 1 fully saturated rings. The molecule has 0 aliphatic carbocycles. The van der Waals surface area contributed by atoms with Gasteiger partial charge in [0.05, 0.1) is 0 Å². The van der Waals surface area contributed by atoms with E-state index < -0.39 is 0 Å². The maximum absolute atomic E-state index is 12.5. The molecule has 0 N–H and O–H groups in total. The third-order valence-electron chi connectivity index (χ3n) is 5.28. The van der Waals surface area contributed by atoms with E-state index in [0.717, 1.165) is 25.9 Å². The third kappa shape index (κ3) is 2.78. The number of carbonyl (C=O) groups excluding carboxylic acids is 1. The van der Waals surface area contributed by atoms with Crippen molar-refractivity contribution in [3.63, 3.8) is 0 Å². The van der Waals surface area contributed by atoms with E-state index in [9.17, 15) is 4.79 Å². The van der Waals surface area contributed by atoms with Crippen molar-refractivity contribution in [1.82, 2.24) is 4.90 Å². The number of piperidine rings is 1. The lowest BCUT2D eigenvalue weighted by Gasteiger charge is -2.43. The first-order valence-corrected chi connectivity index (χ1v) is 8.32. The van der Waals surface area contributed by atoms with Gasteiger partial charge in [0.15, 0.2) is 0 Å². The highest BCUT2D eigenvalue weighted by molar-refractivity contribution is 5.83. The largest absolute Gasteiger partial charge is 0.299 e. The van der Waals surface area contributed by atoms with Gasteiger partial charge in [-0.3, -0.25) is 9.69 Å². The molecule has 0 aromatic heterocycles. The zero-order chi connectivity index (χ0) is 15.1.